The summed E-state index contributed by atoms with van der Waals surface area (Å²) in [5.74, 6) is -2.40. The molecule has 5 nitrogen and oxygen atoms in total. The summed E-state index contributed by atoms with van der Waals surface area (Å²) in [6.45, 7) is -0.334. The molecule has 0 spiro atoms. The smallest absolute Gasteiger partial charge is 0.471 e. The Morgan fingerprint density at radius 1 is 1.17 bits per heavy atom. The van der Waals surface area contributed by atoms with Gasteiger partial charge in [0.05, 0.1) is 6.54 Å². The monoisotopic (exact) mass is 378 g/mol. The lowest BCUT2D eigenvalue weighted by Crippen LogP contribution is -2.40. The van der Waals surface area contributed by atoms with E-state index in [1.54, 1.807) is 0 Å². The van der Waals surface area contributed by atoms with E-state index in [-0.39, 0.29) is 11.4 Å². The highest BCUT2D eigenvalue weighted by atomic mass is 32.1. The maximum Gasteiger partial charge on any atom is 0.471 e. The van der Waals surface area contributed by atoms with E-state index in [0.29, 0.717) is 11.3 Å². The first-order chi connectivity index (χ1) is 10.4. The van der Waals surface area contributed by atoms with E-state index in [2.05, 4.69) is 17.6 Å². The number of carbonyl (C=O) groups excluding carboxylic acids is 2. The Morgan fingerprint density at radius 2 is 1.78 bits per heavy atom. The Hall–Kier alpha value is -1.89. The van der Waals surface area contributed by atoms with Crippen LogP contribution < -0.4 is 10.6 Å². The zero-order valence-corrected chi connectivity index (χ0v) is 12.3. The lowest BCUT2D eigenvalue weighted by Gasteiger charge is -2.13. The number of halogens is 6. The zero-order chi connectivity index (χ0) is 17.8. The maximum absolute atomic E-state index is 12.3. The third kappa shape index (κ3) is 6.40. The van der Waals surface area contributed by atoms with Gasteiger partial charge in [-0.3, -0.25) is 4.79 Å². The van der Waals surface area contributed by atoms with E-state index in [0.717, 1.165) is 12.1 Å². The van der Waals surface area contributed by atoms with E-state index in [1.165, 1.54) is 5.32 Å². The normalized spacial score (nSPS) is 12.9. The highest BCUT2D eigenvalue weighted by Crippen LogP contribution is 2.34. The molecule has 0 bridgehead atoms. The van der Waals surface area contributed by atoms with Crippen molar-refractivity contribution in [1.29, 1.82) is 0 Å². The van der Waals surface area contributed by atoms with Gasteiger partial charge in [0.2, 0.25) is 0 Å². The van der Waals surface area contributed by atoms with Gasteiger partial charge >= 0.3 is 24.3 Å². The second-order valence-electron chi connectivity index (χ2n) is 3.79. The summed E-state index contributed by atoms with van der Waals surface area (Å²) < 4.78 is 72.8. The van der Waals surface area contributed by atoms with E-state index < -0.39 is 34.3 Å². The molecule has 0 radical (unpaired) electrons. The fourth-order valence-electron chi connectivity index (χ4n) is 1.12. The molecule has 13 heteroatoms. The van der Waals surface area contributed by atoms with Gasteiger partial charge in [-0.1, -0.05) is 0 Å². The van der Waals surface area contributed by atoms with Crippen molar-refractivity contribution in [1.82, 2.24) is 10.6 Å². The van der Waals surface area contributed by atoms with Crippen LogP contribution in [0, 0.1) is 0 Å². The quantitative estimate of drug-likeness (QED) is 0.360. The average Bonchev–Trinajstić information content (AvgIpc) is 2.83. The number of rotatable bonds is 2. The van der Waals surface area contributed by atoms with Crippen molar-refractivity contribution < 1.29 is 35.9 Å². The summed E-state index contributed by atoms with van der Waals surface area (Å²) >= 11 is 4.64. The lowest BCUT2D eigenvalue weighted by molar-refractivity contribution is -0.171. The molecular weight excluding hydrogens is 372 g/mol. The molecule has 1 aromatic heterocycles. The first-order valence-electron chi connectivity index (χ1n) is 5.47. The molecular formula is C10H6F6N3O2S2-. The number of hydrogen-bond acceptors (Lipinski definition) is 4. The van der Waals surface area contributed by atoms with Crippen molar-refractivity contribution in [2.24, 2.45) is 4.99 Å². The predicted molar refractivity (Wildman–Crippen MR) is 70.6 cm³/mol. The third-order valence-electron chi connectivity index (χ3n) is 2.04. The van der Waals surface area contributed by atoms with Crippen molar-refractivity contribution in [3.8, 4) is 0 Å². The molecule has 1 aromatic rings. The highest BCUT2D eigenvalue weighted by molar-refractivity contribution is 7.77. The SMILES string of the molecule is O=C(N=C([S-])NC(=O)C(F)(F)F)NCc1ccc(C(F)(F)F)s1. The van der Waals surface area contributed by atoms with Gasteiger partial charge in [-0.2, -0.15) is 26.3 Å². The summed E-state index contributed by atoms with van der Waals surface area (Å²) in [7, 11) is 0. The van der Waals surface area contributed by atoms with Crippen LogP contribution in [0.1, 0.15) is 9.75 Å². The number of alkyl halides is 6. The molecule has 0 aliphatic heterocycles. The molecule has 23 heavy (non-hydrogen) atoms. The molecule has 0 saturated carbocycles. The predicted octanol–water partition coefficient (Wildman–Crippen LogP) is 2.56. The van der Waals surface area contributed by atoms with Crippen LogP contribution in [-0.4, -0.2) is 23.3 Å². The largest absolute Gasteiger partial charge is 0.742 e. The number of aliphatic imine (C=N–C) groups is 1. The van der Waals surface area contributed by atoms with Crippen LogP contribution in [0.3, 0.4) is 0 Å². The first kappa shape index (κ1) is 19.2. The summed E-state index contributed by atoms with van der Waals surface area (Å²) in [5, 5.41) is 2.17. The van der Waals surface area contributed by atoms with Crippen molar-refractivity contribution in [2.45, 2.75) is 18.9 Å². The van der Waals surface area contributed by atoms with Crippen molar-refractivity contribution >= 4 is 41.1 Å². The molecule has 3 amide bonds. The lowest BCUT2D eigenvalue weighted by atomic mass is 10.4. The third-order valence-corrected chi connectivity index (χ3v) is 3.36. The Balaban J connectivity index is 2.55. The average molecular weight is 378 g/mol. The molecule has 0 aromatic carbocycles. The number of thiophene rings is 1. The minimum Gasteiger partial charge on any atom is -0.742 e. The number of amidine groups is 1. The Morgan fingerprint density at radius 3 is 2.26 bits per heavy atom. The van der Waals surface area contributed by atoms with Crippen LogP contribution in [0.25, 0.3) is 0 Å². The van der Waals surface area contributed by atoms with Gasteiger partial charge in [0.25, 0.3) is 0 Å². The van der Waals surface area contributed by atoms with Crippen LogP contribution >= 0.6 is 11.3 Å². The van der Waals surface area contributed by atoms with Gasteiger partial charge in [-0.05, 0) is 17.3 Å². The number of carbonyl (C=O) groups is 2. The second-order valence-corrected chi connectivity index (χ2v) is 5.35. The van der Waals surface area contributed by atoms with Gasteiger partial charge in [-0.25, -0.2) is 9.79 Å². The second kappa shape index (κ2) is 7.12. The van der Waals surface area contributed by atoms with Crippen LogP contribution in [0.4, 0.5) is 31.1 Å². The Bertz CT molecular complexity index is 623. The van der Waals surface area contributed by atoms with Gasteiger partial charge in [0.1, 0.15) is 4.88 Å². The zero-order valence-electron chi connectivity index (χ0n) is 10.7. The highest BCUT2D eigenvalue weighted by Gasteiger charge is 2.38. The molecule has 0 unspecified atom stereocenters. The molecule has 2 N–H and O–H groups in total. The molecule has 0 fully saturated rings. The summed E-state index contributed by atoms with van der Waals surface area (Å²) in [6.07, 6.45) is -9.71. The van der Waals surface area contributed by atoms with Crippen molar-refractivity contribution in [3.05, 3.63) is 21.9 Å². The molecule has 0 aliphatic carbocycles. The van der Waals surface area contributed by atoms with Crippen LogP contribution in [0.15, 0.2) is 17.1 Å². The molecule has 128 valence electrons. The summed E-state index contributed by atoms with van der Waals surface area (Å²) in [6, 6.07) is 0.731. The van der Waals surface area contributed by atoms with Crippen molar-refractivity contribution in [2.75, 3.05) is 0 Å². The first-order valence-corrected chi connectivity index (χ1v) is 6.69. The van der Waals surface area contributed by atoms with Gasteiger partial charge < -0.3 is 23.3 Å². The van der Waals surface area contributed by atoms with E-state index >= 15 is 0 Å². The van der Waals surface area contributed by atoms with Gasteiger partial charge in [0.15, 0.2) is 0 Å². The van der Waals surface area contributed by atoms with E-state index in [1.807, 2.05) is 5.32 Å². The van der Waals surface area contributed by atoms with Crippen LogP contribution in [-0.2, 0) is 30.1 Å². The van der Waals surface area contributed by atoms with Gasteiger partial charge in [-0.15, -0.1) is 11.3 Å². The fraction of sp³-hybridized carbons (Fsp3) is 0.300. The fourth-order valence-corrected chi connectivity index (χ4v) is 2.11. The topological polar surface area (TPSA) is 70.6 Å². The molecule has 0 aliphatic rings. The standard InChI is InChI=1S/C10H7F6N3O2S2/c11-9(12,13)5-2-1-4(23-5)3-17-7(21)19-8(22)18-6(20)10(14,15)16/h1-2H,3H2,(H3,17,18,19,20,21,22)/p-1. The van der Waals surface area contributed by atoms with Crippen LogP contribution in [0.5, 0.6) is 0 Å². The van der Waals surface area contributed by atoms with E-state index in [4.69, 9.17) is 0 Å². The Labute approximate surface area is 134 Å². The number of nitrogens with one attached hydrogen (secondary N) is 2. The Kier molecular flexibility index (Phi) is 5.93. The van der Waals surface area contributed by atoms with Crippen molar-refractivity contribution in [3.63, 3.8) is 0 Å². The maximum atomic E-state index is 12.3. The summed E-state index contributed by atoms with van der Waals surface area (Å²) in [5.41, 5.74) is 0. The molecule has 1 heterocycles. The summed E-state index contributed by atoms with van der Waals surface area (Å²) in [4.78, 5) is 24.0. The number of hydrogen-bond donors (Lipinski definition) is 2. The van der Waals surface area contributed by atoms with Gasteiger partial charge in [0, 0.05) is 4.88 Å². The van der Waals surface area contributed by atoms with Crippen LogP contribution in [0.2, 0.25) is 0 Å². The minimum atomic E-state index is -5.19. The molecule has 0 atom stereocenters. The minimum absolute atomic E-state index is 0.145. The number of urea groups is 1. The van der Waals surface area contributed by atoms with E-state index in [9.17, 15) is 35.9 Å². The number of amides is 3. The molecule has 0 saturated heterocycles. The molecule has 1 rings (SSSR count). The number of nitrogens with zero attached hydrogens (tertiary/aromatic N) is 1.